The van der Waals surface area contributed by atoms with Crippen molar-refractivity contribution in [2.75, 3.05) is 0 Å². The van der Waals surface area contributed by atoms with Crippen LogP contribution in [0.5, 0.6) is 0 Å². The van der Waals surface area contributed by atoms with Crippen molar-refractivity contribution >= 4 is 0 Å². The molecule has 0 aromatic carbocycles. The van der Waals surface area contributed by atoms with Crippen LogP contribution in [0.2, 0.25) is 0 Å². The van der Waals surface area contributed by atoms with Gasteiger partial charge in [-0.2, -0.15) is 0 Å². The molecule has 0 aromatic heterocycles. The van der Waals surface area contributed by atoms with Crippen LogP contribution in [0.4, 0.5) is 0 Å². The maximum absolute atomic E-state index is 3.88. The molecular formula is C28H50. The monoisotopic (exact) mass is 386 g/mol. The first-order chi connectivity index (χ1) is 13.5. The van der Waals surface area contributed by atoms with Crippen molar-refractivity contribution in [1.82, 2.24) is 0 Å². The molecular weight excluding hydrogens is 336 g/mol. The highest BCUT2D eigenvalue weighted by Crippen LogP contribution is 2.30. The lowest BCUT2D eigenvalue weighted by molar-refractivity contribution is 0.404. The Kier molecular flexibility index (Phi) is 22.7. The third-order valence-electron chi connectivity index (χ3n) is 4.97. The standard InChI is InChI=1S/C23H38.C3H6.C2H6/c1-5-21(4)13-11-15-23-18-16-22(17-19-23)14-10-8-6-7-9-12-20(2)3;1-3-2;1-2/h5-6,8,12,16,21,23H,1,7,9-11,13-15,17-19H2,2-4H3;3H,1H2,2H3;1-2H3/b8-6+;;. The van der Waals surface area contributed by atoms with Gasteiger partial charge in [0.1, 0.15) is 0 Å². The van der Waals surface area contributed by atoms with Gasteiger partial charge in [-0.05, 0) is 84.0 Å². The zero-order valence-electron chi connectivity index (χ0n) is 20.1. The largest absolute Gasteiger partial charge is 0.103 e. The first-order valence-electron chi connectivity index (χ1n) is 11.7. The molecule has 0 saturated heterocycles. The molecule has 0 aromatic rings. The van der Waals surface area contributed by atoms with Gasteiger partial charge in [0.15, 0.2) is 0 Å². The van der Waals surface area contributed by atoms with Crippen LogP contribution in [0.25, 0.3) is 0 Å². The van der Waals surface area contributed by atoms with E-state index < -0.39 is 0 Å². The molecule has 162 valence electrons. The van der Waals surface area contributed by atoms with Gasteiger partial charge in [-0.1, -0.05) is 81.2 Å². The molecule has 0 N–H and O–H groups in total. The molecule has 0 radical (unpaired) electrons. The minimum absolute atomic E-state index is 0.688. The van der Waals surface area contributed by atoms with Crippen LogP contribution in [0, 0.1) is 11.8 Å². The molecule has 1 aliphatic rings. The lowest BCUT2D eigenvalue weighted by atomic mass is 9.84. The van der Waals surface area contributed by atoms with Gasteiger partial charge in [-0.3, -0.25) is 0 Å². The average Bonchev–Trinajstić information content (AvgIpc) is 2.70. The second kappa shape index (κ2) is 22.0. The summed E-state index contributed by atoms with van der Waals surface area (Å²) in [4.78, 5) is 0. The summed E-state index contributed by atoms with van der Waals surface area (Å²) < 4.78 is 0. The molecule has 0 nitrogen and oxygen atoms in total. The summed E-state index contributed by atoms with van der Waals surface area (Å²) in [7, 11) is 0. The molecule has 0 bridgehead atoms. The van der Waals surface area contributed by atoms with E-state index >= 15 is 0 Å². The second-order valence-electron chi connectivity index (χ2n) is 7.92. The predicted octanol–water partition coefficient (Wildman–Crippen LogP) is 10.0. The Morgan fingerprint density at radius 3 is 2.32 bits per heavy atom. The fraction of sp³-hybridized carbons (Fsp3) is 0.643. The molecule has 0 fully saturated rings. The molecule has 2 atom stereocenters. The number of rotatable bonds is 11. The first kappa shape index (κ1) is 28.9. The van der Waals surface area contributed by atoms with Crippen molar-refractivity contribution < 1.29 is 0 Å². The third-order valence-corrected chi connectivity index (χ3v) is 4.97. The van der Waals surface area contributed by atoms with Gasteiger partial charge in [0.2, 0.25) is 0 Å². The van der Waals surface area contributed by atoms with E-state index in [0.717, 1.165) is 5.92 Å². The summed E-state index contributed by atoms with van der Waals surface area (Å²) >= 11 is 0. The molecule has 28 heavy (non-hydrogen) atoms. The van der Waals surface area contributed by atoms with Crippen LogP contribution in [0.1, 0.15) is 106 Å². The van der Waals surface area contributed by atoms with E-state index in [1.165, 1.54) is 69.8 Å². The molecule has 0 aliphatic heterocycles. The SMILES string of the molecule is C=CC.C=CC(C)CCCC1CC=C(CC/C=C/CCC=C(C)C)CC1.CC. The van der Waals surface area contributed by atoms with Crippen LogP contribution in [0.15, 0.2) is 60.8 Å². The Morgan fingerprint density at radius 1 is 1.14 bits per heavy atom. The van der Waals surface area contributed by atoms with Crippen LogP contribution in [0.3, 0.4) is 0 Å². The van der Waals surface area contributed by atoms with Crippen molar-refractivity contribution in [1.29, 1.82) is 0 Å². The van der Waals surface area contributed by atoms with Crippen molar-refractivity contribution in [3.05, 3.63) is 60.8 Å². The smallest absolute Gasteiger partial charge is 0.0265 e. The topological polar surface area (TPSA) is 0 Å². The molecule has 1 rings (SSSR count). The summed E-state index contributed by atoms with van der Waals surface area (Å²) in [5.74, 6) is 1.63. The fourth-order valence-corrected chi connectivity index (χ4v) is 3.25. The molecule has 1 aliphatic carbocycles. The summed E-state index contributed by atoms with van der Waals surface area (Å²) in [5, 5.41) is 0. The van der Waals surface area contributed by atoms with Gasteiger partial charge in [0.05, 0.1) is 0 Å². The van der Waals surface area contributed by atoms with Gasteiger partial charge in [-0.25, -0.2) is 0 Å². The van der Waals surface area contributed by atoms with Crippen LogP contribution in [-0.4, -0.2) is 0 Å². The summed E-state index contributed by atoms with van der Waals surface area (Å²) in [6.07, 6.45) is 26.5. The molecule has 0 spiro atoms. The quantitative estimate of drug-likeness (QED) is 0.245. The maximum Gasteiger partial charge on any atom is -0.0265 e. The Morgan fingerprint density at radius 2 is 1.79 bits per heavy atom. The third kappa shape index (κ3) is 19.5. The maximum atomic E-state index is 3.88. The highest BCUT2D eigenvalue weighted by atomic mass is 14.2. The van der Waals surface area contributed by atoms with Gasteiger partial charge >= 0.3 is 0 Å². The minimum Gasteiger partial charge on any atom is -0.103 e. The van der Waals surface area contributed by atoms with E-state index in [9.17, 15) is 0 Å². The molecule has 2 unspecified atom stereocenters. The number of hydrogen-bond donors (Lipinski definition) is 0. The molecule has 0 saturated carbocycles. The van der Waals surface area contributed by atoms with E-state index in [1.807, 2.05) is 20.8 Å². The van der Waals surface area contributed by atoms with Crippen LogP contribution in [-0.2, 0) is 0 Å². The summed E-state index contributed by atoms with van der Waals surface area (Å²) in [5.41, 5.74) is 3.13. The van der Waals surface area contributed by atoms with Gasteiger partial charge in [0, 0.05) is 0 Å². The molecule has 0 heterocycles. The Hall–Kier alpha value is -1.30. The summed E-state index contributed by atoms with van der Waals surface area (Å²) in [6, 6.07) is 0. The van der Waals surface area contributed by atoms with Gasteiger partial charge < -0.3 is 0 Å². The summed E-state index contributed by atoms with van der Waals surface area (Å²) in [6.45, 7) is 19.8. The van der Waals surface area contributed by atoms with Crippen molar-refractivity contribution in [2.45, 2.75) is 106 Å². The van der Waals surface area contributed by atoms with Crippen LogP contribution >= 0.6 is 0 Å². The average molecular weight is 387 g/mol. The van der Waals surface area contributed by atoms with Crippen molar-refractivity contribution in [3.8, 4) is 0 Å². The van der Waals surface area contributed by atoms with E-state index in [1.54, 1.807) is 11.6 Å². The number of allylic oxidation sites excluding steroid dienone is 8. The Balaban J connectivity index is 0. The van der Waals surface area contributed by atoms with Gasteiger partial charge in [-0.15, -0.1) is 13.2 Å². The lowest BCUT2D eigenvalue weighted by Crippen LogP contribution is -2.06. The second-order valence-corrected chi connectivity index (χ2v) is 7.92. The van der Waals surface area contributed by atoms with Crippen molar-refractivity contribution in [3.63, 3.8) is 0 Å². The Bertz CT molecular complexity index is 443. The lowest BCUT2D eigenvalue weighted by Gasteiger charge is -2.22. The highest BCUT2D eigenvalue weighted by molar-refractivity contribution is 5.07. The number of hydrogen-bond acceptors (Lipinski definition) is 0. The zero-order valence-corrected chi connectivity index (χ0v) is 20.1. The predicted molar refractivity (Wildman–Crippen MR) is 133 cm³/mol. The van der Waals surface area contributed by atoms with E-state index in [2.05, 4.69) is 64.3 Å². The van der Waals surface area contributed by atoms with Crippen molar-refractivity contribution in [2.24, 2.45) is 11.8 Å². The molecule has 0 heteroatoms. The molecule has 0 amide bonds. The number of unbranched alkanes of at least 4 members (excludes halogenated alkanes) is 1. The van der Waals surface area contributed by atoms with Crippen LogP contribution < -0.4 is 0 Å². The van der Waals surface area contributed by atoms with Gasteiger partial charge in [0.25, 0.3) is 0 Å². The van der Waals surface area contributed by atoms with E-state index in [4.69, 9.17) is 0 Å². The Labute approximate surface area is 178 Å². The normalized spacial score (nSPS) is 16.6. The highest BCUT2D eigenvalue weighted by Gasteiger charge is 2.13. The zero-order chi connectivity index (χ0) is 21.6. The van der Waals surface area contributed by atoms with E-state index in [-0.39, 0.29) is 0 Å². The minimum atomic E-state index is 0.688. The first-order valence-corrected chi connectivity index (χ1v) is 11.7. The van der Waals surface area contributed by atoms with E-state index in [0.29, 0.717) is 5.92 Å². The fourth-order valence-electron chi connectivity index (χ4n) is 3.25.